The van der Waals surface area contributed by atoms with Crippen LogP contribution in [0.25, 0.3) is 10.8 Å². The zero-order chi connectivity index (χ0) is 43.5. The zero-order valence-electron chi connectivity index (χ0n) is 32.1. The van der Waals surface area contributed by atoms with Crippen LogP contribution in [0, 0.1) is 12.0 Å². The average Bonchev–Trinajstić information content (AvgIpc) is 3.07. The van der Waals surface area contributed by atoms with Gasteiger partial charge in [-0.1, -0.05) is 11.6 Å². The number of aromatic nitrogens is 2. The summed E-state index contributed by atoms with van der Waals surface area (Å²) in [5, 5.41) is 24.2. The fourth-order valence-corrected chi connectivity index (χ4v) is 7.85. The number of azo groups is 2. The van der Waals surface area contributed by atoms with Crippen molar-refractivity contribution in [3.05, 3.63) is 65.6 Å². The third-order valence-electron chi connectivity index (χ3n) is 7.13. The number of hydrogen-bond donors (Lipinski definition) is 3. The fraction of sp³-hybridized carbons (Fsp3) is 0. The molecular formula is C26H12ClF2K2N8Na3O16S5. The molecule has 4 aromatic carbocycles. The maximum Gasteiger partial charge on any atom is 1.00 e. The summed E-state index contributed by atoms with van der Waals surface area (Å²) in [6.07, 6.45) is -1.61. The van der Waals surface area contributed by atoms with Crippen molar-refractivity contribution in [3.8, 4) is 5.75 Å². The number of nitrogens with zero attached hydrogens (tertiary/aromatic N) is 6. The Kier molecular flexibility index (Phi) is 24.4. The van der Waals surface area contributed by atoms with Crippen LogP contribution in [0.15, 0.2) is 93.5 Å². The Morgan fingerprint density at radius 1 is 0.619 bits per heavy atom. The Morgan fingerprint density at radius 2 is 1.06 bits per heavy atom. The van der Waals surface area contributed by atoms with Crippen LogP contribution in [0.2, 0.25) is 5.02 Å². The molecule has 37 heteroatoms. The molecule has 1 aromatic heterocycles. The van der Waals surface area contributed by atoms with Crippen molar-refractivity contribution < 1.29 is 270 Å². The van der Waals surface area contributed by atoms with Gasteiger partial charge in [-0.3, -0.25) is 0 Å². The van der Waals surface area contributed by atoms with Gasteiger partial charge in [0.2, 0.25) is 5.95 Å². The van der Waals surface area contributed by atoms with Crippen molar-refractivity contribution in [2.45, 2.75) is 24.5 Å². The van der Waals surface area contributed by atoms with E-state index in [1.807, 2.05) is 0 Å². The van der Waals surface area contributed by atoms with Crippen LogP contribution in [0.3, 0.4) is 0 Å². The molecule has 0 fully saturated rings. The molecule has 0 radical (unpaired) electrons. The van der Waals surface area contributed by atoms with E-state index in [2.05, 4.69) is 35.7 Å². The summed E-state index contributed by atoms with van der Waals surface area (Å²) >= 11 is 5.71. The van der Waals surface area contributed by atoms with Crippen LogP contribution in [0.1, 0.15) is 0 Å². The van der Waals surface area contributed by atoms with Crippen LogP contribution < -0.4 is 202 Å². The van der Waals surface area contributed by atoms with E-state index in [4.69, 9.17) is 17.3 Å². The maximum absolute atomic E-state index is 13.9. The minimum Gasteiger partial charge on any atom is -0.744 e. The number of phenols is 1. The van der Waals surface area contributed by atoms with Crippen molar-refractivity contribution in [2.75, 3.05) is 11.1 Å². The Bertz CT molecular complexity index is 3280. The minimum absolute atomic E-state index is 0. The first kappa shape index (κ1) is 63.8. The number of nitrogens with two attached hydrogens (primary N) is 1. The van der Waals surface area contributed by atoms with Crippen molar-refractivity contribution in [3.63, 3.8) is 0 Å². The quantitative estimate of drug-likeness (QED) is 0.0276. The van der Waals surface area contributed by atoms with Gasteiger partial charge >= 0.3 is 198 Å². The van der Waals surface area contributed by atoms with Gasteiger partial charge in [0, 0.05) is 5.69 Å². The number of halogens is 3. The van der Waals surface area contributed by atoms with Crippen molar-refractivity contribution in [2.24, 2.45) is 20.5 Å². The third kappa shape index (κ3) is 15.4. The van der Waals surface area contributed by atoms with Crippen LogP contribution in [-0.2, 0) is 50.6 Å². The minimum atomic E-state index is -5.84. The largest absolute Gasteiger partial charge is 1.00 e. The second-order valence-corrected chi connectivity index (χ2v) is 18.0. The van der Waals surface area contributed by atoms with Gasteiger partial charge in [0.05, 0.1) is 35.6 Å². The van der Waals surface area contributed by atoms with Crippen LogP contribution in [-0.4, -0.2) is 79.9 Å². The Morgan fingerprint density at radius 3 is 1.54 bits per heavy atom. The van der Waals surface area contributed by atoms with E-state index in [1.54, 1.807) is 0 Å². The van der Waals surface area contributed by atoms with Crippen LogP contribution >= 0.6 is 11.6 Å². The first-order valence-electron chi connectivity index (χ1n) is 14.2. The molecule has 1 heterocycles. The molecular weight excluding hydrogens is 1060 g/mol. The molecule has 0 bridgehead atoms. The van der Waals surface area contributed by atoms with Crippen molar-refractivity contribution in [1.29, 1.82) is 0 Å². The van der Waals surface area contributed by atoms with E-state index in [-0.39, 0.29) is 209 Å². The first-order valence-corrected chi connectivity index (χ1v) is 21.6. The number of fused-ring (bicyclic) bond motifs is 1. The maximum atomic E-state index is 13.9. The molecule has 0 aliphatic rings. The zero-order valence-corrected chi connectivity index (χ0v) is 49.2. The molecule has 0 aliphatic carbocycles. The van der Waals surface area contributed by atoms with E-state index < -0.39 is 143 Å². The van der Waals surface area contributed by atoms with Crippen LogP contribution in [0.4, 0.5) is 48.7 Å². The second-order valence-electron chi connectivity index (χ2n) is 10.9. The molecule has 0 spiro atoms. The predicted octanol–water partition coefficient (Wildman–Crippen LogP) is -12.0. The summed E-state index contributed by atoms with van der Waals surface area (Å²) in [6, 6.07) is 3.58. The summed E-state index contributed by atoms with van der Waals surface area (Å²) < 4.78 is 207. The van der Waals surface area contributed by atoms with Gasteiger partial charge in [0.1, 0.15) is 78.4 Å². The molecule has 308 valence electrons. The molecule has 63 heavy (non-hydrogen) atoms. The Balaban J connectivity index is 0.00000769. The fourth-order valence-electron chi connectivity index (χ4n) is 4.74. The molecule has 5 aromatic rings. The molecule has 5 rings (SSSR count). The molecule has 4 N–H and O–H groups in total. The smallest absolute Gasteiger partial charge is 0.744 e. The number of benzene rings is 4. The Labute approximate surface area is 510 Å². The number of aromatic hydroxyl groups is 1. The second kappa shape index (κ2) is 24.1. The van der Waals surface area contributed by atoms with Crippen molar-refractivity contribution in [1.82, 2.24) is 9.97 Å². The average molecular weight is 1070 g/mol. The van der Waals surface area contributed by atoms with E-state index in [0.29, 0.717) is 30.3 Å². The van der Waals surface area contributed by atoms with E-state index >= 15 is 0 Å². The van der Waals surface area contributed by atoms with Gasteiger partial charge in [0.25, 0.3) is 0 Å². The van der Waals surface area contributed by atoms with Gasteiger partial charge < -0.3 is 38.9 Å². The molecule has 0 unspecified atom stereocenters. The summed E-state index contributed by atoms with van der Waals surface area (Å²) in [4.78, 5) is -0.834. The predicted molar refractivity (Wildman–Crippen MR) is 181 cm³/mol. The molecule has 0 aliphatic heterocycles. The normalized spacial score (nSPS) is 12.1. The summed E-state index contributed by atoms with van der Waals surface area (Å²) in [5.41, 5.74) is -0.410. The number of rotatable bonds is 11. The number of phenolic OH excluding ortho intramolecular Hbond substituents is 1. The monoisotopic (exact) mass is 1070 g/mol. The molecule has 0 atom stereocenters. The van der Waals surface area contributed by atoms with Gasteiger partial charge in [0.15, 0.2) is 11.6 Å². The van der Waals surface area contributed by atoms with E-state index in [0.717, 1.165) is 6.07 Å². The van der Waals surface area contributed by atoms with Gasteiger partial charge in [-0.05, 0) is 53.9 Å². The first-order chi connectivity index (χ1) is 26.5. The standard InChI is InChI=1S/C26H17ClF2N8O16S5.2K.3Na/c27-19-24(28)32-26(29)33-25(19)31-10-1-3-14(55(42,43)44)12(7-10)34-36-21-16(57(48,49)50)5-9-6-17(58(51,52)53)22(23(38)18(9)20(21)30)37-35-13-8-11(54(39,40)41)2-4-15(13)56(45,46)47;;;;;/h1-8,38H,30H2,(H,31,32,33)(H,39,40,41)(H,42,43,44)(H,45,46,47)(H,48,49,50)(H,51,52,53);;;;;/q;5*+1/p-5. The molecule has 24 nitrogen and oxygen atoms in total. The van der Waals surface area contributed by atoms with Gasteiger partial charge in [-0.15, -0.1) is 20.5 Å². The molecule has 0 saturated heterocycles. The van der Waals surface area contributed by atoms with E-state index in [1.165, 1.54) is 0 Å². The topological polar surface area (TPSA) is 420 Å². The Hall–Kier alpha value is 0.793. The third-order valence-corrected chi connectivity index (χ3v) is 11.8. The van der Waals surface area contributed by atoms with Crippen LogP contribution in [0.5, 0.6) is 5.75 Å². The van der Waals surface area contributed by atoms with Gasteiger partial charge in [-0.2, -0.15) is 18.7 Å². The summed E-state index contributed by atoms with van der Waals surface area (Å²) in [5.74, 6) is -3.80. The molecule has 0 saturated carbocycles. The van der Waals surface area contributed by atoms with Gasteiger partial charge in [-0.25, -0.2) is 42.1 Å². The number of anilines is 3. The van der Waals surface area contributed by atoms with E-state index in [9.17, 15) is 78.7 Å². The summed E-state index contributed by atoms with van der Waals surface area (Å²) in [6.45, 7) is 0. The number of nitrogen functional groups attached to an aromatic ring is 1. The number of hydrogen-bond acceptors (Lipinski definition) is 24. The SMILES string of the molecule is Nc1c(N=Nc2cc(Nc3nc(F)nc(F)c3Cl)ccc2S(=O)(=O)[O-])c(S(=O)(=O)[O-])cc2cc(S(=O)(=O)[O-])c(N=Nc3cc(S(=O)(=O)[O-])ccc3S(=O)(=O)[O-])c(O)c12.[K+].[K+].[Na+].[Na+].[Na+]. The van der Waals surface area contributed by atoms with Crippen molar-refractivity contribution >= 4 is 113 Å². The number of nitrogens with one attached hydrogen (secondary N) is 1. The summed E-state index contributed by atoms with van der Waals surface area (Å²) in [7, 11) is -28.0. The molecule has 0 amide bonds.